The van der Waals surface area contributed by atoms with Crippen LogP contribution in [0.3, 0.4) is 0 Å². The molecule has 1 aromatic carbocycles. The first kappa shape index (κ1) is 10.6. The highest BCUT2D eigenvalue weighted by Crippen LogP contribution is 2.19. The van der Waals surface area contributed by atoms with E-state index in [9.17, 15) is 0 Å². The van der Waals surface area contributed by atoms with Crippen molar-refractivity contribution < 1.29 is 0 Å². The van der Waals surface area contributed by atoms with Gasteiger partial charge in [-0.3, -0.25) is 0 Å². The molecule has 0 radical (unpaired) electrons. The predicted molar refractivity (Wildman–Crippen MR) is 69.5 cm³/mol. The Morgan fingerprint density at radius 3 is 2.56 bits per heavy atom. The predicted octanol–water partition coefficient (Wildman–Crippen LogP) is 2.99. The van der Waals surface area contributed by atoms with Crippen LogP contribution in [0.25, 0.3) is 0 Å². The number of hydrogen-bond acceptors (Lipinski definition) is 1. The summed E-state index contributed by atoms with van der Waals surface area (Å²) in [6.07, 6.45) is 15.0. The molecule has 1 aromatic rings. The molecule has 2 rings (SSSR count). The lowest BCUT2D eigenvalue weighted by Gasteiger charge is -2.28. The van der Waals surface area contributed by atoms with Crippen LogP contribution in [0.5, 0.6) is 0 Å². The van der Waals surface area contributed by atoms with Crippen LogP contribution in [-0.2, 0) is 0 Å². The summed E-state index contributed by atoms with van der Waals surface area (Å²) in [6.45, 7) is 0. The van der Waals surface area contributed by atoms with E-state index in [1.165, 1.54) is 5.69 Å². The van der Waals surface area contributed by atoms with Crippen molar-refractivity contribution in [3.05, 3.63) is 54.1 Å². The van der Waals surface area contributed by atoms with Crippen molar-refractivity contribution in [2.45, 2.75) is 12.5 Å². The lowest BCUT2D eigenvalue weighted by molar-refractivity contribution is 0.753. The van der Waals surface area contributed by atoms with Crippen molar-refractivity contribution in [1.82, 2.24) is 0 Å². The highest BCUT2D eigenvalue weighted by molar-refractivity contribution is 5.51. The van der Waals surface area contributed by atoms with E-state index in [1.54, 1.807) is 0 Å². The minimum Gasteiger partial charge on any atom is -0.368 e. The van der Waals surface area contributed by atoms with Crippen molar-refractivity contribution in [2.24, 2.45) is 0 Å². The van der Waals surface area contributed by atoms with Gasteiger partial charge in [-0.2, -0.15) is 0 Å². The molecule has 16 heavy (non-hydrogen) atoms. The molecule has 0 amide bonds. The summed E-state index contributed by atoms with van der Waals surface area (Å²) in [5, 5.41) is 0. The zero-order valence-corrected chi connectivity index (χ0v) is 9.43. The summed E-state index contributed by atoms with van der Waals surface area (Å²) in [6, 6.07) is 8.55. The number of terminal acetylenes is 1. The Labute approximate surface area is 97.1 Å². The molecule has 0 aromatic heterocycles. The van der Waals surface area contributed by atoms with E-state index in [2.05, 4.69) is 54.3 Å². The first-order chi connectivity index (χ1) is 7.81. The van der Waals surface area contributed by atoms with Crippen molar-refractivity contribution in [3.63, 3.8) is 0 Å². The van der Waals surface area contributed by atoms with Crippen LogP contribution >= 0.6 is 0 Å². The highest BCUT2D eigenvalue weighted by atomic mass is 15.1. The molecule has 0 saturated heterocycles. The van der Waals surface area contributed by atoms with Crippen molar-refractivity contribution in [2.75, 3.05) is 11.9 Å². The molecule has 0 N–H and O–H groups in total. The molecule has 0 fully saturated rings. The molecule has 1 aliphatic carbocycles. The Morgan fingerprint density at radius 1 is 1.25 bits per heavy atom. The molecule has 0 saturated carbocycles. The molecule has 0 spiro atoms. The molecule has 1 heteroatoms. The van der Waals surface area contributed by atoms with Crippen LogP contribution in [0.1, 0.15) is 12.0 Å². The zero-order chi connectivity index (χ0) is 11.4. The molecule has 0 aliphatic heterocycles. The Bertz CT molecular complexity index is 445. The summed E-state index contributed by atoms with van der Waals surface area (Å²) in [4.78, 5) is 2.26. The highest BCUT2D eigenvalue weighted by Gasteiger charge is 2.11. The quantitative estimate of drug-likeness (QED) is 0.677. The van der Waals surface area contributed by atoms with E-state index in [-0.39, 0.29) is 0 Å². The van der Waals surface area contributed by atoms with Gasteiger partial charge < -0.3 is 4.90 Å². The number of allylic oxidation sites excluding steroid dienone is 2. The van der Waals surface area contributed by atoms with E-state index < -0.39 is 0 Å². The van der Waals surface area contributed by atoms with E-state index >= 15 is 0 Å². The SMILES string of the molecule is C#Cc1ccc(N(C)C2C=CC=CC2)cc1. The Kier molecular flexibility index (Phi) is 3.12. The van der Waals surface area contributed by atoms with Crippen LogP contribution in [0.15, 0.2) is 48.6 Å². The average Bonchev–Trinajstić information content (AvgIpc) is 2.39. The molecule has 1 nitrogen and oxygen atoms in total. The summed E-state index contributed by atoms with van der Waals surface area (Å²) < 4.78 is 0. The maximum absolute atomic E-state index is 5.33. The van der Waals surface area contributed by atoms with Gasteiger partial charge in [0.15, 0.2) is 0 Å². The fourth-order valence-electron chi connectivity index (χ4n) is 1.84. The van der Waals surface area contributed by atoms with Crippen LogP contribution in [0, 0.1) is 12.3 Å². The molecular weight excluding hydrogens is 194 g/mol. The lowest BCUT2D eigenvalue weighted by atomic mass is 10.1. The van der Waals surface area contributed by atoms with Gasteiger partial charge in [0.25, 0.3) is 0 Å². The number of rotatable bonds is 2. The Balaban J connectivity index is 2.14. The third-order valence-corrected chi connectivity index (χ3v) is 2.90. The second kappa shape index (κ2) is 4.72. The molecule has 0 heterocycles. The van der Waals surface area contributed by atoms with Gasteiger partial charge in [-0.1, -0.05) is 30.2 Å². The van der Waals surface area contributed by atoms with Crippen LogP contribution in [-0.4, -0.2) is 13.1 Å². The smallest absolute Gasteiger partial charge is 0.0507 e. The maximum Gasteiger partial charge on any atom is 0.0507 e. The second-order valence-corrected chi connectivity index (χ2v) is 3.92. The summed E-state index contributed by atoms with van der Waals surface area (Å²) in [5.74, 6) is 2.63. The van der Waals surface area contributed by atoms with E-state index in [0.29, 0.717) is 6.04 Å². The Morgan fingerprint density at radius 2 is 2.00 bits per heavy atom. The van der Waals surface area contributed by atoms with Crippen LogP contribution < -0.4 is 4.90 Å². The summed E-state index contributed by atoms with van der Waals surface area (Å²) >= 11 is 0. The van der Waals surface area contributed by atoms with Gasteiger partial charge in [0.1, 0.15) is 0 Å². The maximum atomic E-state index is 5.33. The minimum atomic E-state index is 0.446. The van der Waals surface area contributed by atoms with Gasteiger partial charge in [-0.05, 0) is 30.7 Å². The van der Waals surface area contributed by atoms with Gasteiger partial charge in [-0.25, -0.2) is 0 Å². The van der Waals surface area contributed by atoms with Gasteiger partial charge >= 0.3 is 0 Å². The van der Waals surface area contributed by atoms with Gasteiger partial charge in [0, 0.05) is 18.3 Å². The second-order valence-electron chi connectivity index (χ2n) is 3.92. The number of likely N-dealkylation sites (N-methyl/N-ethyl adjacent to an activating group) is 1. The number of hydrogen-bond donors (Lipinski definition) is 0. The summed E-state index contributed by atoms with van der Waals surface area (Å²) in [5.41, 5.74) is 2.13. The molecule has 1 atom stereocenters. The van der Waals surface area contributed by atoms with Gasteiger partial charge in [-0.15, -0.1) is 6.42 Å². The topological polar surface area (TPSA) is 3.24 Å². The van der Waals surface area contributed by atoms with Crippen LogP contribution in [0.4, 0.5) is 5.69 Å². The van der Waals surface area contributed by atoms with Crippen molar-refractivity contribution in [3.8, 4) is 12.3 Å². The lowest BCUT2D eigenvalue weighted by Crippen LogP contribution is -2.29. The molecular formula is C15H15N. The van der Waals surface area contributed by atoms with E-state index in [4.69, 9.17) is 6.42 Å². The largest absolute Gasteiger partial charge is 0.368 e. The number of anilines is 1. The third-order valence-electron chi connectivity index (χ3n) is 2.90. The third kappa shape index (κ3) is 2.17. The fraction of sp³-hybridized carbons (Fsp3) is 0.200. The normalized spacial score (nSPS) is 18.1. The molecule has 0 bridgehead atoms. The molecule has 1 unspecified atom stereocenters. The number of benzene rings is 1. The van der Waals surface area contributed by atoms with Gasteiger partial charge in [0.05, 0.1) is 6.04 Å². The number of nitrogens with zero attached hydrogens (tertiary/aromatic N) is 1. The van der Waals surface area contributed by atoms with Crippen molar-refractivity contribution in [1.29, 1.82) is 0 Å². The van der Waals surface area contributed by atoms with Crippen LogP contribution in [0.2, 0.25) is 0 Å². The van der Waals surface area contributed by atoms with Gasteiger partial charge in [0.2, 0.25) is 0 Å². The fourth-order valence-corrected chi connectivity index (χ4v) is 1.84. The monoisotopic (exact) mass is 209 g/mol. The van der Waals surface area contributed by atoms with E-state index in [0.717, 1.165) is 12.0 Å². The first-order valence-electron chi connectivity index (χ1n) is 5.44. The minimum absolute atomic E-state index is 0.446. The Hall–Kier alpha value is -1.94. The standard InChI is InChI=1S/C15H15N/c1-3-13-9-11-15(12-10-13)16(2)14-7-5-4-6-8-14/h1,4-7,9-12,14H,8H2,2H3. The molecule has 1 aliphatic rings. The zero-order valence-electron chi connectivity index (χ0n) is 9.43. The molecule has 80 valence electrons. The van der Waals surface area contributed by atoms with E-state index in [1.807, 2.05) is 12.1 Å². The summed E-state index contributed by atoms with van der Waals surface area (Å²) in [7, 11) is 2.11. The average molecular weight is 209 g/mol. The van der Waals surface area contributed by atoms with Crippen molar-refractivity contribution >= 4 is 5.69 Å². The first-order valence-corrected chi connectivity index (χ1v) is 5.44.